The Morgan fingerprint density at radius 2 is 2.21 bits per heavy atom. The molecule has 0 bridgehead atoms. The number of halogens is 1. The fourth-order valence-electron chi connectivity index (χ4n) is 2.16. The van der Waals surface area contributed by atoms with Crippen LogP contribution in [0.1, 0.15) is 25.7 Å². The summed E-state index contributed by atoms with van der Waals surface area (Å²) in [5.74, 6) is 0.0502. The summed E-state index contributed by atoms with van der Waals surface area (Å²) in [7, 11) is 0. The summed E-state index contributed by atoms with van der Waals surface area (Å²) in [6, 6.07) is 1.14. The average molecular weight is 217 g/mol. The van der Waals surface area contributed by atoms with Gasteiger partial charge in [-0.25, -0.2) is 0 Å². The van der Waals surface area contributed by atoms with Gasteiger partial charge in [-0.2, -0.15) is 0 Å². The van der Waals surface area contributed by atoms with Crippen molar-refractivity contribution in [1.82, 2.24) is 10.2 Å². The van der Waals surface area contributed by atoms with E-state index in [9.17, 15) is 4.79 Å². The number of amides is 1. The number of carbonyl (C=O) groups excluding carboxylic acids is 1. The Hall–Kier alpha value is -0.280. The zero-order valence-electron chi connectivity index (χ0n) is 8.34. The molecule has 1 amide bonds. The van der Waals surface area contributed by atoms with E-state index in [2.05, 4.69) is 10.2 Å². The molecule has 1 atom stereocenters. The highest BCUT2D eigenvalue weighted by atomic mass is 35.5. The van der Waals surface area contributed by atoms with Gasteiger partial charge < -0.3 is 5.32 Å². The molecule has 0 spiro atoms. The molecule has 80 valence electrons. The van der Waals surface area contributed by atoms with Crippen LogP contribution in [-0.2, 0) is 4.79 Å². The first kappa shape index (κ1) is 10.2. The van der Waals surface area contributed by atoms with Gasteiger partial charge in [0.15, 0.2) is 0 Å². The lowest BCUT2D eigenvalue weighted by molar-refractivity contribution is -0.119. The van der Waals surface area contributed by atoms with Crippen molar-refractivity contribution < 1.29 is 4.79 Å². The lowest BCUT2D eigenvalue weighted by Crippen LogP contribution is -2.48. The van der Waals surface area contributed by atoms with Gasteiger partial charge in [0.25, 0.3) is 0 Å². The summed E-state index contributed by atoms with van der Waals surface area (Å²) < 4.78 is 0. The molecular weight excluding hydrogens is 200 g/mol. The van der Waals surface area contributed by atoms with Crippen LogP contribution < -0.4 is 5.32 Å². The number of likely N-dealkylation sites (tertiary alicyclic amines) is 1. The predicted molar refractivity (Wildman–Crippen MR) is 56.5 cm³/mol. The molecule has 1 saturated carbocycles. The van der Waals surface area contributed by atoms with Crippen LogP contribution in [0.25, 0.3) is 0 Å². The van der Waals surface area contributed by atoms with Gasteiger partial charge in [-0.05, 0) is 32.2 Å². The van der Waals surface area contributed by atoms with Gasteiger partial charge >= 0.3 is 0 Å². The number of hydrogen-bond acceptors (Lipinski definition) is 2. The molecule has 0 aromatic rings. The van der Waals surface area contributed by atoms with Crippen molar-refractivity contribution in [2.24, 2.45) is 0 Å². The zero-order valence-corrected chi connectivity index (χ0v) is 9.09. The topological polar surface area (TPSA) is 32.3 Å². The fourth-order valence-corrected chi connectivity index (χ4v) is 2.24. The summed E-state index contributed by atoms with van der Waals surface area (Å²) in [4.78, 5) is 13.6. The van der Waals surface area contributed by atoms with Crippen LogP contribution >= 0.6 is 11.6 Å². The summed E-state index contributed by atoms with van der Waals surface area (Å²) in [5, 5.41) is 2.97. The van der Waals surface area contributed by atoms with Crippen molar-refractivity contribution in [3.63, 3.8) is 0 Å². The van der Waals surface area contributed by atoms with Crippen LogP contribution in [0.5, 0.6) is 0 Å². The van der Waals surface area contributed by atoms with E-state index >= 15 is 0 Å². The summed E-state index contributed by atoms with van der Waals surface area (Å²) in [6.45, 7) is 2.23. The molecule has 2 rings (SSSR count). The Kier molecular flexibility index (Phi) is 3.29. The summed E-state index contributed by atoms with van der Waals surface area (Å²) in [5.41, 5.74) is 0. The Balaban J connectivity index is 1.78. The molecular formula is C10H17ClN2O. The van der Waals surface area contributed by atoms with Crippen molar-refractivity contribution in [1.29, 1.82) is 0 Å². The fraction of sp³-hybridized carbons (Fsp3) is 0.900. The summed E-state index contributed by atoms with van der Waals surface area (Å²) >= 11 is 5.46. The molecule has 4 heteroatoms. The van der Waals surface area contributed by atoms with Gasteiger partial charge in [-0.15, -0.1) is 11.6 Å². The van der Waals surface area contributed by atoms with Gasteiger partial charge in [0.05, 0.1) is 0 Å². The van der Waals surface area contributed by atoms with Crippen molar-refractivity contribution in [3.8, 4) is 0 Å². The maximum atomic E-state index is 11.1. The van der Waals surface area contributed by atoms with Crippen LogP contribution in [0.3, 0.4) is 0 Å². The number of hydrogen-bond donors (Lipinski definition) is 1. The van der Waals surface area contributed by atoms with Crippen LogP contribution in [0, 0.1) is 0 Å². The first-order valence-corrected chi connectivity index (χ1v) is 5.92. The molecule has 0 aromatic carbocycles. The molecule has 2 fully saturated rings. The minimum atomic E-state index is -0.0330. The minimum Gasteiger partial charge on any atom is -0.351 e. The number of alkyl halides is 1. The minimum absolute atomic E-state index is 0.0330. The zero-order chi connectivity index (χ0) is 9.97. The van der Waals surface area contributed by atoms with Gasteiger partial charge in [-0.1, -0.05) is 0 Å². The quantitative estimate of drug-likeness (QED) is 0.714. The SMILES string of the molecule is O=C(CCl)N[C@@H]1CCCN(C2CC2)C1. The van der Waals surface area contributed by atoms with E-state index in [0.717, 1.165) is 19.0 Å². The van der Waals surface area contributed by atoms with Crippen molar-refractivity contribution in [2.45, 2.75) is 37.8 Å². The van der Waals surface area contributed by atoms with E-state index in [1.54, 1.807) is 0 Å². The van der Waals surface area contributed by atoms with E-state index in [-0.39, 0.29) is 11.8 Å². The second-order valence-corrected chi connectivity index (χ2v) is 4.53. The third kappa shape index (κ3) is 2.61. The van der Waals surface area contributed by atoms with Crippen LogP contribution in [0.15, 0.2) is 0 Å². The molecule has 0 unspecified atom stereocenters. The molecule has 2 aliphatic rings. The normalized spacial score (nSPS) is 28.8. The van der Waals surface area contributed by atoms with Gasteiger partial charge in [0.2, 0.25) is 5.91 Å². The monoisotopic (exact) mass is 216 g/mol. The van der Waals surface area contributed by atoms with Crippen LogP contribution in [0.4, 0.5) is 0 Å². The largest absolute Gasteiger partial charge is 0.351 e. The highest BCUT2D eigenvalue weighted by molar-refractivity contribution is 6.27. The Bertz CT molecular complexity index is 218. The maximum Gasteiger partial charge on any atom is 0.235 e. The number of piperidine rings is 1. The first-order chi connectivity index (χ1) is 6.79. The first-order valence-electron chi connectivity index (χ1n) is 5.39. The van der Waals surface area contributed by atoms with Gasteiger partial charge in [0.1, 0.15) is 5.88 Å². The molecule has 1 aliphatic heterocycles. The third-order valence-corrected chi connectivity index (χ3v) is 3.25. The van der Waals surface area contributed by atoms with E-state index < -0.39 is 0 Å². The molecule has 1 saturated heterocycles. The van der Waals surface area contributed by atoms with E-state index in [1.807, 2.05) is 0 Å². The van der Waals surface area contributed by atoms with Crippen molar-refractivity contribution in [3.05, 3.63) is 0 Å². The number of nitrogens with one attached hydrogen (secondary N) is 1. The van der Waals surface area contributed by atoms with Crippen LogP contribution in [-0.4, -0.2) is 41.9 Å². The Labute approximate surface area is 89.8 Å². The summed E-state index contributed by atoms with van der Waals surface area (Å²) in [6.07, 6.45) is 4.99. The van der Waals surface area contributed by atoms with Crippen molar-refractivity contribution in [2.75, 3.05) is 19.0 Å². The highest BCUT2D eigenvalue weighted by Gasteiger charge is 2.32. The van der Waals surface area contributed by atoms with Gasteiger partial charge in [-0.3, -0.25) is 9.69 Å². The predicted octanol–water partition coefficient (Wildman–Crippen LogP) is 0.968. The van der Waals surface area contributed by atoms with E-state index in [0.29, 0.717) is 6.04 Å². The second-order valence-electron chi connectivity index (χ2n) is 4.27. The van der Waals surface area contributed by atoms with Gasteiger partial charge in [0, 0.05) is 18.6 Å². The van der Waals surface area contributed by atoms with E-state index in [4.69, 9.17) is 11.6 Å². The number of nitrogens with zero attached hydrogens (tertiary/aromatic N) is 1. The lowest BCUT2D eigenvalue weighted by Gasteiger charge is -2.33. The van der Waals surface area contributed by atoms with Crippen molar-refractivity contribution >= 4 is 17.5 Å². The third-order valence-electron chi connectivity index (χ3n) is 3.00. The molecule has 0 aromatic heterocycles. The lowest BCUT2D eigenvalue weighted by atomic mass is 10.1. The molecule has 3 nitrogen and oxygen atoms in total. The van der Waals surface area contributed by atoms with E-state index in [1.165, 1.54) is 25.8 Å². The molecule has 1 N–H and O–H groups in total. The standard InChI is InChI=1S/C10H17ClN2O/c11-6-10(14)12-8-2-1-5-13(7-8)9-3-4-9/h8-9H,1-7H2,(H,12,14)/t8-/m1/s1. The number of rotatable bonds is 3. The van der Waals surface area contributed by atoms with Crippen LogP contribution in [0.2, 0.25) is 0 Å². The second kappa shape index (κ2) is 4.49. The average Bonchev–Trinajstić information content (AvgIpc) is 3.01. The maximum absolute atomic E-state index is 11.1. The molecule has 0 radical (unpaired) electrons. The smallest absolute Gasteiger partial charge is 0.235 e. The highest BCUT2D eigenvalue weighted by Crippen LogP contribution is 2.29. The molecule has 14 heavy (non-hydrogen) atoms. The molecule has 1 heterocycles. The number of carbonyl (C=O) groups is 1. The Morgan fingerprint density at radius 1 is 1.43 bits per heavy atom. The molecule has 1 aliphatic carbocycles. The Morgan fingerprint density at radius 3 is 2.86 bits per heavy atom.